The van der Waals surface area contributed by atoms with Crippen molar-refractivity contribution in [2.75, 3.05) is 6.54 Å². The molecule has 1 nitrogen and oxygen atoms in total. The Morgan fingerprint density at radius 2 is 1.46 bits per heavy atom. The van der Waals surface area contributed by atoms with Gasteiger partial charge >= 0.3 is 0 Å². The molecule has 0 N–H and O–H groups in total. The van der Waals surface area contributed by atoms with Gasteiger partial charge in [-0.15, -0.1) is 0 Å². The van der Waals surface area contributed by atoms with Gasteiger partial charge in [0.2, 0.25) is 0 Å². The van der Waals surface area contributed by atoms with E-state index in [0.717, 1.165) is 19.5 Å². The summed E-state index contributed by atoms with van der Waals surface area (Å²) in [4.78, 5) is 3.97. The van der Waals surface area contributed by atoms with Crippen molar-refractivity contribution in [1.29, 1.82) is 0 Å². The minimum absolute atomic E-state index is 0.107. The van der Waals surface area contributed by atoms with Crippen molar-refractivity contribution in [1.82, 2.24) is 4.90 Å². The van der Waals surface area contributed by atoms with Crippen molar-refractivity contribution >= 4 is 11.8 Å². The van der Waals surface area contributed by atoms with Gasteiger partial charge in [-0.05, 0) is 34.7 Å². The standard InChI is InChI=1S/C22H19NS/c1-2-10-19(11-3-1)22-20-12-6-4-8-17(20)14-15-23(22)16-18-9-5-7-13-21(18)24-22/h1-13H,14-16H2/t22-/m1/s1. The van der Waals surface area contributed by atoms with E-state index >= 15 is 0 Å². The molecule has 2 heterocycles. The maximum Gasteiger partial charge on any atom is 0.124 e. The van der Waals surface area contributed by atoms with Gasteiger partial charge in [0.15, 0.2) is 0 Å². The van der Waals surface area contributed by atoms with Gasteiger partial charge in [0.1, 0.15) is 4.87 Å². The van der Waals surface area contributed by atoms with Crippen LogP contribution < -0.4 is 0 Å². The van der Waals surface area contributed by atoms with Crippen LogP contribution in [0.1, 0.15) is 22.3 Å². The average molecular weight is 329 g/mol. The van der Waals surface area contributed by atoms with Crippen LogP contribution >= 0.6 is 11.8 Å². The second-order valence-corrected chi connectivity index (χ2v) is 7.78. The molecule has 0 unspecified atom stereocenters. The van der Waals surface area contributed by atoms with Crippen LogP contribution in [0.5, 0.6) is 0 Å². The molecule has 118 valence electrons. The number of fused-ring (bicyclic) bond motifs is 4. The lowest BCUT2D eigenvalue weighted by Gasteiger charge is -2.51. The van der Waals surface area contributed by atoms with Crippen molar-refractivity contribution in [3.8, 4) is 0 Å². The van der Waals surface area contributed by atoms with Crippen LogP contribution in [0, 0.1) is 0 Å². The van der Waals surface area contributed by atoms with Crippen LogP contribution in [-0.4, -0.2) is 11.4 Å². The Bertz CT molecular complexity index is 889. The Morgan fingerprint density at radius 3 is 2.33 bits per heavy atom. The zero-order valence-electron chi connectivity index (χ0n) is 13.5. The minimum atomic E-state index is -0.107. The van der Waals surface area contributed by atoms with Gasteiger partial charge in [-0.1, -0.05) is 84.6 Å². The molecule has 2 heteroatoms. The summed E-state index contributed by atoms with van der Waals surface area (Å²) >= 11 is 2.01. The van der Waals surface area contributed by atoms with E-state index in [1.165, 1.54) is 27.1 Å². The maximum atomic E-state index is 2.66. The molecule has 0 aromatic heterocycles. The van der Waals surface area contributed by atoms with Crippen LogP contribution in [0.25, 0.3) is 0 Å². The summed E-state index contributed by atoms with van der Waals surface area (Å²) in [5.74, 6) is 0. The predicted octanol–water partition coefficient (Wildman–Crippen LogP) is 5.05. The molecule has 0 bridgehead atoms. The van der Waals surface area contributed by atoms with Crippen LogP contribution in [0.3, 0.4) is 0 Å². The van der Waals surface area contributed by atoms with E-state index in [0.29, 0.717) is 0 Å². The molecule has 2 aliphatic heterocycles. The average Bonchev–Trinajstić information content (AvgIpc) is 2.67. The molecular formula is C22H19NS. The van der Waals surface area contributed by atoms with E-state index in [-0.39, 0.29) is 4.87 Å². The second-order valence-electron chi connectivity index (χ2n) is 6.55. The quantitative estimate of drug-likeness (QED) is 0.614. The predicted molar refractivity (Wildman–Crippen MR) is 100 cm³/mol. The topological polar surface area (TPSA) is 3.24 Å². The molecule has 2 aliphatic rings. The molecule has 3 aromatic rings. The summed E-state index contributed by atoms with van der Waals surface area (Å²) in [6.07, 6.45) is 1.13. The molecule has 0 radical (unpaired) electrons. The highest BCUT2D eigenvalue weighted by Crippen LogP contribution is 2.55. The van der Waals surface area contributed by atoms with E-state index in [1.54, 1.807) is 0 Å². The Balaban J connectivity index is 1.79. The molecular weight excluding hydrogens is 310 g/mol. The highest BCUT2D eigenvalue weighted by atomic mass is 32.2. The number of hydrogen-bond donors (Lipinski definition) is 0. The highest BCUT2D eigenvalue weighted by Gasteiger charge is 2.47. The maximum absolute atomic E-state index is 2.66. The van der Waals surface area contributed by atoms with Gasteiger partial charge in [-0.3, -0.25) is 4.90 Å². The third kappa shape index (κ3) is 2.00. The van der Waals surface area contributed by atoms with E-state index in [2.05, 4.69) is 83.8 Å². The van der Waals surface area contributed by atoms with Crippen LogP contribution in [0.15, 0.2) is 83.8 Å². The summed E-state index contributed by atoms with van der Waals surface area (Å²) in [6, 6.07) is 28.9. The van der Waals surface area contributed by atoms with Crippen molar-refractivity contribution in [2.24, 2.45) is 0 Å². The number of nitrogens with zero attached hydrogens (tertiary/aromatic N) is 1. The van der Waals surface area contributed by atoms with Gasteiger partial charge in [0.25, 0.3) is 0 Å². The van der Waals surface area contributed by atoms with E-state index < -0.39 is 0 Å². The fraction of sp³-hybridized carbons (Fsp3) is 0.182. The van der Waals surface area contributed by atoms with Gasteiger partial charge < -0.3 is 0 Å². The molecule has 3 aromatic carbocycles. The number of benzene rings is 3. The fourth-order valence-corrected chi connectivity index (χ4v) is 5.70. The molecule has 0 aliphatic carbocycles. The molecule has 24 heavy (non-hydrogen) atoms. The van der Waals surface area contributed by atoms with Crippen LogP contribution in [-0.2, 0) is 17.8 Å². The fourth-order valence-electron chi connectivity index (χ4n) is 4.12. The zero-order chi connectivity index (χ0) is 16.0. The highest BCUT2D eigenvalue weighted by molar-refractivity contribution is 8.00. The van der Waals surface area contributed by atoms with Crippen molar-refractivity contribution in [3.63, 3.8) is 0 Å². The SMILES string of the molecule is c1ccc([C@]23Sc4ccccc4CN2CCc2ccccc23)cc1. The first-order valence-electron chi connectivity index (χ1n) is 8.54. The Kier molecular flexibility index (Phi) is 3.29. The Morgan fingerprint density at radius 1 is 0.750 bits per heavy atom. The van der Waals surface area contributed by atoms with Crippen molar-refractivity contribution < 1.29 is 0 Å². The normalized spacial score (nSPS) is 22.3. The van der Waals surface area contributed by atoms with Crippen molar-refractivity contribution in [3.05, 3.63) is 101 Å². The molecule has 1 atom stereocenters. The van der Waals surface area contributed by atoms with Crippen LogP contribution in [0.4, 0.5) is 0 Å². The van der Waals surface area contributed by atoms with Gasteiger partial charge in [-0.25, -0.2) is 0 Å². The molecule has 0 saturated carbocycles. The lowest BCUT2D eigenvalue weighted by atomic mass is 9.87. The van der Waals surface area contributed by atoms with E-state index in [1.807, 2.05) is 11.8 Å². The molecule has 0 spiro atoms. The van der Waals surface area contributed by atoms with E-state index in [4.69, 9.17) is 0 Å². The van der Waals surface area contributed by atoms with Gasteiger partial charge in [0.05, 0.1) is 0 Å². The van der Waals surface area contributed by atoms with Crippen LogP contribution in [0.2, 0.25) is 0 Å². The smallest absolute Gasteiger partial charge is 0.124 e. The monoisotopic (exact) mass is 329 g/mol. The first-order valence-corrected chi connectivity index (χ1v) is 9.35. The Hall–Kier alpha value is -2.03. The molecule has 0 fully saturated rings. The second kappa shape index (κ2) is 5.51. The zero-order valence-corrected chi connectivity index (χ0v) is 14.3. The molecule has 0 saturated heterocycles. The largest absolute Gasteiger partial charge is 0.276 e. The number of rotatable bonds is 1. The third-order valence-corrected chi connectivity index (χ3v) is 6.86. The summed E-state index contributed by atoms with van der Waals surface area (Å²) < 4.78 is 0. The van der Waals surface area contributed by atoms with Gasteiger partial charge in [-0.2, -0.15) is 0 Å². The first-order chi connectivity index (χ1) is 11.9. The number of thioether (sulfide) groups is 1. The minimum Gasteiger partial charge on any atom is -0.276 e. The third-order valence-electron chi connectivity index (χ3n) is 5.24. The Labute approximate surface area is 147 Å². The summed E-state index contributed by atoms with van der Waals surface area (Å²) in [5.41, 5.74) is 5.79. The molecule has 5 rings (SSSR count). The summed E-state index contributed by atoms with van der Waals surface area (Å²) in [7, 11) is 0. The summed E-state index contributed by atoms with van der Waals surface area (Å²) in [5, 5.41) is 0. The molecule has 0 amide bonds. The summed E-state index contributed by atoms with van der Waals surface area (Å²) in [6.45, 7) is 2.12. The number of hydrogen-bond acceptors (Lipinski definition) is 2. The van der Waals surface area contributed by atoms with E-state index in [9.17, 15) is 0 Å². The first kappa shape index (κ1) is 14.3. The van der Waals surface area contributed by atoms with Crippen molar-refractivity contribution in [2.45, 2.75) is 22.7 Å². The lowest BCUT2D eigenvalue weighted by Crippen LogP contribution is -2.50. The lowest BCUT2D eigenvalue weighted by molar-refractivity contribution is 0.170. The van der Waals surface area contributed by atoms with Gasteiger partial charge in [0, 0.05) is 18.0 Å².